The average molecular weight is 268 g/mol. The molecule has 2 rings (SSSR count). The first-order valence-corrected chi connectivity index (χ1v) is 5.90. The number of amides is 2. The zero-order valence-corrected chi connectivity index (χ0v) is 10.7. The molecule has 1 saturated heterocycles. The summed E-state index contributed by atoms with van der Waals surface area (Å²) in [7, 11) is 0. The summed E-state index contributed by atoms with van der Waals surface area (Å²) in [6, 6.07) is 3.39. The molecular formula is C13H14F2N2O2. The Morgan fingerprint density at radius 1 is 1.21 bits per heavy atom. The van der Waals surface area contributed by atoms with E-state index in [-0.39, 0.29) is 18.9 Å². The van der Waals surface area contributed by atoms with Gasteiger partial charge in [0.2, 0.25) is 5.91 Å². The van der Waals surface area contributed by atoms with Crippen LogP contribution in [0.25, 0.3) is 0 Å². The molecule has 0 atom stereocenters. The third-order valence-electron chi connectivity index (χ3n) is 3.00. The predicted molar refractivity (Wildman–Crippen MR) is 65.5 cm³/mol. The molecule has 0 saturated carbocycles. The molecule has 0 spiro atoms. The van der Waals surface area contributed by atoms with Gasteiger partial charge in [0.1, 0.15) is 22.9 Å². The van der Waals surface area contributed by atoms with Gasteiger partial charge in [-0.3, -0.25) is 9.59 Å². The number of hydrogen-bond donors (Lipinski definition) is 1. The predicted octanol–water partition coefficient (Wildman–Crippen LogP) is 1.60. The normalized spacial score (nSPS) is 19.1. The fourth-order valence-electron chi connectivity index (χ4n) is 2.08. The first-order valence-electron chi connectivity index (χ1n) is 5.90. The molecule has 1 aromatic carbocycles. The number of carbonyl (C=O) groups excluding carboxylic acids is 2. The topological polar surface area (TPSA) is 49.4 Å². The molecule has 1 aliphatic rings. The fourth-order valence-corrected chi connectivity index (χ4v) is 2.08. The van der Waals surface area contributed by atoms with Crippen LogP contribution in [0.15, 0.2) is 18.2 Å². The van der Waals surface area contributed by atoms with Gasteiger partial charge in [-0.25, -0.2) is 8.78 Å². The van der Waals surface area contributed by atoms with E-state index in [0.29, 0.717) is 0 Å². The maximum atomic E-state index is 13.8. The molecule has 1 N–H and O–H groups in total. The van der Waals surface area contributed by atoms with Gasteiger partial charge in [-0.05, 0) is 26.0 Å². The van der Waals surface area contributed by atoms with E-state index < -0.39 is 28.8 Å². The Morgan fingerprint density at radius 2 is 1.79 bits per heavy atom. The van der Waals surface area contributed by atoms with Crippen molar-refractivity contribution in [1.82, 2.24) is 5.32 Å². The summed E-state index contributed by atoms with van der Waals surface area (Å²) >= 11 is 0. The maximum absolute atomic E-state index is 13.8. The average Bonchev–Trinajstić information content (AvgIpc) is 2.39. The number of halogens is 2. The number of nitrogens with one attached hydrogen (secondary N) is 1. The molecule has 19 heavy (non-hydrogen) atoms. The highest BCUT2D eigenvalue weighted by molar-refractivity contribution is 6.03. The van der Waals surface area contributed by atoms with Crippen LogP contribution in [0, 0.1) is 11.6 Å². The van der Waals surface area contributed by atoms with Gasteiger partial charge < -0.3 is 10.2 Å². The monoisotopic (exact) mass is 268 g/mol. The molecule has 6 heteroatoms. The number of anilines is 1. The van der Waals surface area contributed by atoms with E-state index in [0.717, 1.165) is 17.0 Å². The van der Waals surface area contributed by atoms with Crippen LogP contribution in [-0.4, -0.2) is 23.9 Å². The smallest absolute Gasteiger partial charge is 0.252 e. The number of rotatable bonds is 1. The van der Waals surface area contributed by atoms with Crippen molar-refractivity contribution in [2.24, 2.45) is 0 Å². The van der Waals surface area contributed by atoms with Crippen LogP contribution >= 0.6 is 0 Å². The van der Waals surface area contributed by atoms with Crippen molar-refractivity contribution in [3.8, 4) is 0 Å². The second-order valence-electron chi connectivity index (χ2n) is 4.95. The highest BCUT2D eigenvalue weighted by Crippen LogP contribution is 2.27. The van der Waals surface area contributed by atoms with Gasteiger partial charge in [0.25, 0.3) is 5.91 Å². The lowest BCUT2D eigenvalue weighted by molar-refractivity contribution is -0.128. The molecule has 0 radical (unpaired) electrons. The van der Waals surface area contributed by atoms with E-state index in [1.807, 2.05) is 0 Å². The molecule has 0 aliphatic carbocycles. The summed E-state index contributed by atoms with van der Waals surface area (Å²) < 4.78 is 27.5. The largest absolute Gasteiger partial charge is 0.342 e. The van der Waals surface area contributed by atoms with Crippen LogP contribution in [0.1, 0.15) is 20.3 Å². The highest BCUT2D eigenvalue weighted by Gasteiger charge is 2.38. The molecule has 1 heterocycles. The minimum absolute atomic E-state index is 0.00292. The molecule has 1 aliphatic heterocycles. The second kappa shape index (κ2) is 4.60. The summed E-state index contributed by atoms with van der Waals surface area (Å²) in [5.41, 5.74) is -1.60. The Balaban J connectivity index is 2.49. The van der Waals surface area contributed by atoms with Gasteiger partial charge in [-0.1, -0.05) is 6.07 Å². The highest BCUT2D eigenvalue weighted by atomic mass is 19.1. The summed E-state index contributed by atoms with van der Waals surface area (Å²) in [4.78, 5) is 24.8. The standard InChI is InChI=1S/C13H14F2N2O2/c1-13(2)12(19)17(7-6-10(18)16-13)11-8(14)4-3-5-9(11)15/h3-5H,6-7H2,1-2H3,(H,16,18). The lowest BCUT2D eigenvalue weighted by Crippen LogP contribution is -2.53. The maximum Gasteiger partial charge on any atom is 0.252 e. The van der Waals surface area contributed by atoms with E-state index in [1.165, 1.54) is 19.9 Å². The first-order chi connectivity index (χ1) is 8.83. The van der Waals surface area contributed by atoms with Gasteiger partial charge in [-0.2, -0.15) is 0 Å². The molecular weight excluding hydrogens is 254 g/mol. The Kier molecular flexibility index (Phi) is 3.26. The van der Waals surface area contributed by atoms with Crippen molar-refractivity contribution in [3.63, 3.8) is 0 Å². The summed E-state index contributed by atoms with van der Waals surface area (Å²) in [6.07, 6.45) is 0.00292. The van der Waals surface area contributed by atoms with Crippen molar-refractivity contribution in [2.45, 2.75) is 25.8 Å². The Morgan fingerprint density at radius 3 is 2.37 bits per heavy atom. The number of benzene rings is 1. The second-order valence-corrected chi connectivity index (χ2v) is 4.95. The summed E-state index contributed by atoms with van der Waals surface area (Å²) in [5.74, 6) is -2.50. The van der Waals surface area contributed by atoms with Gasteiger partial charge >= 0.3 is 0 Å². The summed E-state index contributed by atoms with van der Waals surface area (Å²) in [5, 5.41) is 2.53. The molecule has 102 valence electrons. The number of hydrogen-bond acceptors (Lipinski definition) is 2. The van der Waals surface area contributed by atoms with Crippen molar-refractivity contribution >= 4 is 17.5 Å². The molecule has 0 aromatic heterocycles. The Bertz CT molecular complexity index is 523. The van der Waals surface area contributed by atoms with Gasteiger partial charge in [-0.15, -0.1) is 0 Å². The van der Waals surface area contributed by atoms with Gasteiger partial charge in [0.15, 0.2) is 0 Å². The van der Waals surface area contributed by atoms with E-state index in [9.17, 15) is 18.4 Å². The number of para-hydroxylation sites is 1. The number of carbonyl (C=O) groups is 2. The SMILES string of the molecule is CC1(C)NC(=O)CCN(c2c(F)cccc2F)C1=O. The van der Waals surface area contributed by atoms with Gasteiger partial charge in [0, 0.05) is 13.0 Å². The van der Waals surface area contributed by atoms with E-state index in [1.54, 1.807) is 0 Å². The van der Waals surface area contributed by atoms with Crippen LogP contribution < -0.4 is 10.2 Å². The minimum Gasteiger partial charge on any atom is -0.342 e. The molecule has 4 nitrogen and oxygen atoms in total. The Labute approximate surface area is 109 Å². The van der Waals surface area contributed by atoms with Crippen LogP contribution in [-0.2, 0) is 9.59 Å². The van der Waals surface area contributed by atoms with Crippen LogP contribution in [0.2, 0.25) is 0 Å². The van der Waals surface area contributed by atoms with Crippen molar-refractivity contribution in [2.75, 3.05) is 11.4 Å². The van der Waals surface area contributed by atoms with E-state index in [2.05, 4.69) is 5.32 Å². The molecule has 2 amide bonds. The Hall–Kier alpha value is -1.98. The van der Waals surface area contributed by atoms with Crippen molar-refractivity contribution in [3.05, 3.63) is 29.8 Å². The lowest BCUT2D eigenvalue weighted by Gasteiger charge is -2.29. The molecule has 0 unspecified atom stereocenters. The van der Waals surface area contributed by atoms with Crippen LogP contribution in [0.5, 0.6) is 0 Å². The molecule has 1 aromatic rings. The summed E-state index contributed by atoms with van der Waals surface area (Å²) in [6.45, 7) is 2.96. The first kappa shape index (κ1) is 13.5. The van der Waals surface area contributed by atoms with Crippen LogP contribution in [0.4, 0.5) is 14.5 Å². The van der Waals surface area contributed by atoms with Crippen LogP contribution in [0.3, 0.4) is 0 Å². The third kappa shape index (κ3) is 2.43. The lowest BCUT2D eigenvalue weighted by atomic mass is 10.0. The zero-order valence-electron chi connectivity index (χ0n) is 10.7. The van der Waals surface area contributed by atoms with Crippen molar-refractivity contribution in [1.29, 1.82) is 0 Å². The van der Waals surface area contributed by atoms with Crippen molar-refractivity contribution < 1.29 is 18.4 Å². The van der Waals surface area contributed by atoms with Gasteiger partial charge in [0.05, 0.1) is 0 Å². The minimum atomic E-state index is -1.19. The zero-order chi connectivity index (χ0) is 14.2. The quantitative estimate of drug-likeness (QED) is 0.841. The van der Waals surface area contributed by atoms with E-state index in [4.69, 9.17) is 0 Å². The van der Waals surface area contributed by atoms with E-state index >= 15 is 0 Å². The fraction of sp³-hybridized carbons (Fsp3) is 0.385. The number of nitrogens with zero attached hydrogens (tertiary/aromatic N) is 1. The molecule has 0 bridgehead atoms. The molecule has 1 fully saturated rings. The third-order valence-corrected chi connectivity index (χ3v) is 3.00.